The van der Waals surface area contributed by atoms with Crippen molar-refractivity contribution in [3.8, 4) is 5.75 Å². The Morgan fingerprint density at radius 1 is 0.833 bits per heavy atom. The van der Waals surface area contributed by atoms with Gasteiger partial charge < -0.3 is 9.64 Å². The Morgan fingerprint density at radius 3 is 2.04 bits per heavy atom. The molecule has 54 heavy (non-hydrogen) atoms. The number of methoxy groups -OCH3 is 1. The monoisotopic (exact) mass is 802 g/mol. The fourth-order valence-electron chi connectivity index (χ4n) is 6.12. The molecule has 2 N–H and O–H groups in total. The van der Waals surface area contributed by atoms with Gasteiger partial charge in [-0.1, -0.05) is 128 Å². The molecule has 1 heterocycles. The van der Waals surface area contributed by atoms with E-state index in [2.05, 4.69) is 86.5 Å². The predicted octanol–water partition coefficient (Wildman–Crippen LogP) is 13.3. The van der Waals surface area contributed by atoms with E-state index in [9.17, 15) is 8.42 Å². The number of aryl methyl sites for hydroxylation is 1. The lowest BCUT2D eigenvalue weighted by molar-refractivity contribution is 0.390. The first kappa shape index (κ1) is 45.3. The smallest absolute Gasteiger partial charge is 0.299 e. The number of nitrogens with one attached hydrogen (secondary N) is 2. The van der Waals surface area contributed by atoms with Crippen LogP contribution in [0.25, 0.3) is 0 Å². The number of unbranched alkanes of at least 4 members (excludes halogenated alkanes) is 4. The van der Waals surface area contributed by atoms with Crippen LogP contribution >= 0.6 is 22.9 Å². The number of anilines is 2. The van der Waals surface area contributed by atoms with Crippen LogP contribution < -0.4 is 19.1 Å². The minimum atomic E-state index is -3.92. The lowest BCUT2D eigenvalue weighted by atomic mass is 9.95. The third kappa shape index (κ3) is 15.2. The summed E-state index contributed by atoms with van der Waals surface area (Å²) in [4.78, 5) is 6.74. The van der Waals surface area contributed by atoms with Gasteiger partial charge >= 0.3 is 0 Å². The quantitative estimate of drug-likeness (QED) is 0.0585. The number of nitrogens with zero attached hydrogens (tertiary/aromatic N) is 6. The van der Waals surface area contributed by atoms with Crippen molar-refractivity contribution in [3.63, 3.8) is 0 Å². The molecule has 0 aliphatic heterocycles. The third-order valence-electron chi connectivity index (χ3n) is 9.56. The van der Waals surface area contributed by atoms with E-state index >= 15 is 0 Å². The van der Waals surface area contributed by atoms with Gasteiger partial charge in [-0.3, -0.25) is 4.72 Å². The summed E-state index contributed by atoms with van der Waals surface area (Å²) in [6.07, 6.45) is 13.9. The van der Waals surface area contributed by atoms with Gasteiger partial charge in [-0.05, 0) is 67.7 Å². The molecular formula is C40H63ClN8O3S2. The molecule has 0 aliphatic carbocycles. The predicted molar refractivity (Wildman–Crippen MR) is 228 cm³/mol. The Kier molecular flexibility index (Phi) is 20.4. The fraction of sp³-hybridized carbons (Fsp3) is 0.625. The molecule has 0 aliphatic rings. The second-order valence-corrected chi connectivity index (χ2v) is 16.7. The molecule has 300 valence electrons. The van der Waals surface area contributed by atoms with E-state index in [0.717, 1.165) is 101 Å². The zero-order valence-corrected chi connectivity index (χ0v) is 35.9. The van der Waals surface area contributed by atoms with Crippen LogP contribution in [0.15, 0.2) is 56.9 Å². The highest BCUT2D eigenvalue weighted by Crippen LogP contribution is 2.43. The van der Waals surface area contributed by atoms with Crippen molar-refractivity contribution in [2.24, 2.45) is 32.3 Å². The number of halogens is 1. The van der Waals surface area contributed by atoms with Gasteiger partial charge in [-0.15, -0.1) is 20.5 Å². The number of hydrogen-bond donors (Lipinski definition) is 2. The molecule has 3 rings (SSSR count). The number of benzene rings is 2. The highest BCUT2D eigenvalue weighted by atomic mass is 35.5. The summed E-state index contributed by atoms with van der Waals surface area (Å²) in [7, 11) is -2.29. The number of aromatic nitrogens is 1. The van der Waals surface area contributed by atoms with Crippen molar-refractivity contribution >= 4 is 66.0 Å². The van der Waals surface area contributed by atoms with E-state index < -0.39 is 10.2 Å². The summed E-state index contributed by atoms with van der Waals surface area (Å²) in [6, 6.07) is 11.6. The molecule has 1 aromatic heterocycles. The molecule has 0 radical (unpaired) electrons. The number of azo groups is 2. The minimum Gasteiger partial charge on any atom is -0.494 e. The maximum absolute atomic E-state index is 13.3. The van der Waals surface area contributed by atoms with Gasteiger partial charge in [0.2, 0.25) is 5.13 Å². The standard InChI is InChI=1S/C40H63ClN8O3S2/c1-8-14-18-30(12-5)28-49(29-31(13-6)19-15-9-2)36-26-35(48-54(50,51)42-25-17-11-4)34(27-37(36)52-7)45-47-40-43-38(41)39(53-40)46-44-33-23-21-32(22-24-33)20-16-10-3/h21-24,26-27,30-31,42,48H,8-20,25,28-29H2,1-7H3. The van der Waals surface area contributed by atoms with E-state index in [1.54, 1.807) is 13.2 Å². The van der Waals surface area contributed by atoms with Crippen molar-refractivity contribution in [1.29, 1.82) is 0 Å². The number of ether oxygens (including phenoxy) is 1. The summed E-state index contributed by atoms with van der Waals surface area (Å²) in [6.45, 7) is 15.1. The zero-order chi connectivity index (χ0) is 39.3. The maximum Gasteiger partial charge on any atom is 0.299 e. The molecule has 0 spiro atoms. The normalized spacial score (nSPS) is 13.2. The fourth-order valence-corrected chi connectivity index (χ4v) is 7.95. The van der Waals surface area contributed by atoms with Crippen LogP contribution in [0.4, 0.5) is 32.9 Å². The summed E-state index contributed by atoms with van der Waals surface area (Å²) in [5.74, 6) is 1.56. The minimum absolute atomic E-state index is 0.156. The van der Waals surface area contributed by atoms with Crippen LogP contribution in [0, 0.1) is 11.8 Å². The van der Waals surface area contributed by atoms with Crippen LogP contribution in [0.2, 0.25) is 5.15 Å². The highest BCUT2D eigenvalue weighted by molar-refractivity contribution is 7.90. The van der Waals surface area contributed by atoms with Crippen LogP contribution in [0.1, 0.15) is 124 Å². The molecule has 2 unspecified atom stereocenters. The van der Waals surface area contributed by atoms with Crippen molar-refractivity contribution in [2.45, 2.75) is 125 Å². The molecule has 0 bridgehead atoms. The number of thiazole rings is 1. The van der Waals surface area contributed by atoms with E-state index in [4.69, 9.17) is 16.3 Å². The van der Waals surface area contributed by atoms with Gasteiger partial charge in [0, 0.05) is 25.7 Å². The average molecular weight is 804 g/mol. The molecule has 14 heteroatoms. The summed E-state index contributed by atoms with van der Waals surface area (Å²) >= 11 is 7.59. The van der Waals surface area contributed by atoms with Gasteiger partial charge in [0.25, 0.3) is 10.2 Å². The van der Waals surface area contributed by atoms with Crippen LogP contribution in [0.5, 0.6) is 5.75 Å². The molecule has 11 nitrogen and oxygen atoms in total. The second-order valence-electron chi connectivity index (χ2n) is 13.9. The summed E-state index contributed by atoms with van der Waals surface area (Å²) in [5.41, 5.74) is 3.37. The van der Waals surface area contributed by atoms with Crippen molar-refractivity contribution in [3.05, 3.63) is 47.1 Å². The Labute approximate surface area is 334 Å². The zero-order valence-electron chi connectivity index (χ0n) is 33.5. The van der Waals surface area contributed by atoms with E-state index in [1.165, 1.54) is 18.4 Å². The maximum atomic E-state index is 13.3. The largest absolute Gasteiger partial charge is 0.494 e. The van der Waals surface area contributed by atoms with E-state index in [-0.39, 0.29) is 21.7 Å². The summed E-state index contributed by atoms with van der Waals surface area (Å²) < 4.78 is 38.1. The van der Waals surface area contributed by atoms with Gasteiger partial charge in [0.15, 0.2) is 10.2 Å². The van der Waals surface area contributed by atoms with E-state index in [0.29, 0.717) is 34.8 Å². The lowest BCUT2D eigenvalue weighted by Gasteiger charge is -2.34. The molecular weight excluding hydrogens is 740 g/mol. The highest BCUT2D eigenvalue weighted by Gasteiger charge is 2.24. The molecule has 0 saturated carbocycles. The molecule has 0 amide bonds. The Hall–Kier alpha value is -3.13. The second kappa shape index (κ2) is 24.4. The van der Waals surface area contributed by atoms with Crippen molar-refractivity contribution in [1.82, 2.24) is 9.71 Å². The molecule has 0 saturated heterocycles. The van der Waals surface area contributed by atoms with Crippen molar-refractivity contribution < 1.29 is 13.2 Å². The van der Waals surface area contributed by atoms with Gasteiger partial charge in [0.1, 0.15) is 11.4 Å². The van der Waals surface area contributed by atoms with E-state index in [1.807, 2.05) is 25.1 Å². The van der Waals surface area contributed by atoms with Crippen molar-refractivity contribution in [2.75, 3.05) is 36.4 Å². The number of hydrogen-bond acceptors (Lipinski definition) is 10. The molecule has 2 atom stereocenters. The molecule has 2 aromatic carbocycles. The van der Waals surface area contributed by atoms with Crippen LogP contribution in [0.3, 0.4) is 0 Å². The first-order valence-corrected chi connectivity index (χ1v) is 22.6. The molecule has 0 fully saturated rings. The lowest BCUT2D eigenvalue weighted by Crippen LogP contribution is -2.35. The Bertz CT molecular complexity index is 1680. The number of rotatable bonds is 27. The third-order valence-corrected chi connectivity index (χ3v) is 11.8. The SMILES string of the molecule is CCCCNS(=O)(=O)Nc1cc(N(CC(CC)CCCC)CC(CC)CCCC)c(OC)cc1N=Nc1nc(Cl)c(N=Nc2ccc(CCCC)cc2)s1. The summed E-state index contributed by atoms with van der Waals surface area (Å²) in [5, 5.41) is 18.4. The van der Waals surface area contributed by atoms with Gasteiger partial charge in [0.05, 0.1) is 24.2 Å². The Morgan fingerprint density at radius 2 is 1.46 bits per heavy atom. The van der Waals surface area contributed by atoms with Crippen LogP contribution in [-0.4, -0.2) is 40.1 Å². The van der Waals surface area contributed by atoms with Gasteiger partial charge in [-0.25, -0.2) is 4.98 Å². The molecule has 3 aromatic rings. The van der Waals surface area contributed by atoms with Crippen LogP contribution in [-0.2, 0) is 16.6 Å². The topological polar surface area (TPSA) is 133 Å². The first-order chi connectivity index (χ1) is 26.1. The Balaban J connectivity index is 2.03. The average Bonchev–Trinajstić information content (AvgIpc) is 3.53. The first-order valence-electron chi connectivity index (χ1n) is 19.9. The van der Waals surface area contributed by atoms with Gasteiger partial charge in [-0.2, -0.15) is 13.1 Å².